The summed E-state index contributed by atoms with van der Waals surface area (Å²) in [6.07, 6.45) is 1.85. The van der Waals surface area contributed by atoms with E-state index < -0.39 is 0 Å². The molecule has 80 valence electrons. The Morgan fingerprint density at radius 3 is 2.80 bits per heavy atom. The molecule has 0 saturated heterocycles. The highest BCUT2D eigenvalue weighted by molar-refractivity contribution is 5.79. The number of aliphatic hydroxyl groups is 1. The average Bonchev–Trinajstić information content (AvgIpc) is 2.60. The Hall–Kier alpha value is -1.35. The van der Waals surface area contributed by atoms with E-state index in [1.165, 1.54) is 0 Å². The van der Waals surface area contributed by atoms with Gasteiger partial charge in [-0.15, -0.1) is 0 Å². The lowest BCUT2D eigenvalue weighted by Crippen LogP contribution is -2.21. The number of hydrogen-bond donors (Lipinski definition) is 1. The largest absolute Gasteiger partial charge is 0.395 e. The Morgan fingerprint density at radius 1 is 1.40 bits per heavy atom. The maximum absolute atomic E-state index is 9.32. The molecule has 0 saturated carbocycles. The summed E-state index contributed by atoms with van der Waals surface area (Å²) in [6.45, 7) is 4.21. The van der Waals surface area contributed by atoms with Gasteiger partial charge in [0.15, 0.2) is 0 Å². The van der Waals surface area contributed by atoms with E-state index in [2.05, 4.69) is 23.3 Å². The van der Waals surface area contributed by atoms with E-state index in [9.17, 15) is 5.11 Å². The number of benzene rings is 1. The third-order valence-electron chi connectivity index (χ3n) is 2.93. The van der Waals surface area contributed by atoms with Crippen molar-refractivity contribution >= 4 is 10.9 Å². The Labute approximate surface area is 89.3 Å². The first-order chi connectivity index (χ1) is 7.04. The lowest BCUT2D eigenvalue weighted by Gasteiger charge is -2.22. The predicted octanol–water partition coefficient (Wildman–Crippen LogP) is 1.84. The first-order valence-corrected chi connectivity index (χ1v) is 5.08. The fraction of sp³-hybridized carbons (Fsp3) is 0.417. The summed E-state index contributed by atoms with van der Waals surface area (Å²) in [5.41, 5.74) is 2.05. The summed E-state index contributed by atoms with van der Waals surface area (Å²) in [7, 11) is 1.93. The molecule has 0 aliphatic carbocycles. The summed E-state index contributed by atoms with van der Waals surface area (Å²) in [6, 6.07) is 6.20. The molecule has 0 aliphatic rings. The number of hydrogen-bond acceptors (Lipinski definition) is 2. The molecule has 1 aromatic heterocycles. The molecule has 0 amide bonds. The van der Waals surface area contributed by atoms with Crippen LogP contribution in [0.25, 0.3) is 10.9 Å². The molecule has 0 fully saturated rings. The normalized spacial score (nSPS) is 12.3. The van der Waals surface area contributed by atoms with Crippen molar-refractivity contribution in [1.82, 2.24) is 9.78 Å². The van der Waals surface area contributed by atoms with Crippen LogP contribution in [0.15, 0.2) is 24.4 Å². The van der Waals surface area contributed by atoms with Gasteiger partial charge in [0.1, 0.15) is 0 Å². The van der Waals surface area contributed by atoms with E-state index >= 15 is 0 Å². The van der Waals surface area contributed by atoms with Crippen molar-refractivity contribution in [2.75, 3.05) is 6.61 Å². The summed E-state index contributed by atoms with van der Waals surface area (Å²) in [5, 5.41) is 14.7. The minimum atomic E-state index is -0.196. The van der Waals surface area contributed by atoms with Crippen molar-refractivity contribution in [2.24, 2.45) is 7.05 Å². The molecule has 3 nitrogen and oxygen atoms in total. The second kappa shape index (κ2) is 3.35. The van der Waals surface area contributed by atoms with E-state index in [0.717, 1.165) is 16.5 Å². The maximum atomic E-state index is 9.32. The van der Waals surface area contributed by atoms with Gasteiger partial charge >= 0.3 is 0 Å². The third kappa shape index (κ3) is 1.63. The molecular formula is C12H16N2O. The molecule has 1 aromatic carbocycles. The summed E-state index contributed by atoms with van der Waals surface area (Å²) >= 11 is 0. The zero-order valence-electron chi connectivity index (χ0n) is 9.36. The number of aliphatic hydroxyl groups excluding tert-OH is 1. The second-order valence-corrected chi connectivity index (χ2v) is 4.58. The number of aromatic nitrogens is 2. The van der Waals surface area contributed by atoms with Gasteiger partial charge < -0.3 is 5.11 Å². The maximum Gasteiger partial charge on any atom is 0.0682 e. The quantitative estimate of drug-likeness (QED) is 0.810. The molecule has 0 aliphatic heterocycles. The zero-order valence-corrected chi connectivity index (χ0v) is 9.36. The van der Waals surface area contributed by atoms with Gasteiger partial charge in [-0.2, -0.15) is 5.10 Å². The van der Waals surface area contributed by atoms with Gasteiger partial charge in [-0.3, -0.25) is 4.68 Å². The highest BCUT2D eigenvalue weighted by atomic mass is 16.3. The number of fused-ring (bicyclic) bond motifs is 1. The van der Waals surface area contributed by atoms with Gasteiger partial charge in [0.05, 0.1) is 18.3 Å². The average molecular weight is 204 g/mol. The van der Waals surface area contributed by atoms with Crippen molar-refractivity contribution < 1.29 is 5.11 Å². The van der Waals surface area contributed by atoms with E-state index in [1.54, 1.807) is 0 Å². The molecule has 0 atom stereocenters. The molecule has 0 spiro atoms. The Bertz CT molecular complexity index is 485. The van der Waals surface area contributed by atoms with Crippen LogP contribution in [0.4, 0.5) is 0 Å². The van der Waals surface area contributed by atoms with Crippen LogP contribution in [0.3, 0.4) is 0 Å². The van der Waals surface area contributed by atoms with E-state index in [4.69, 9.17) is 0 Å². The summed E-state index contributed by atoms with van der Waals surface area (Å²) in [5.74, 6) is 0. The molecule has 1 N–H and O–H groups in total. The minimum Gasteiger partial charge on any atom is -0.395 e. The van der Waals surface area contributed by atoms with Crippen molar-refractivity contribution in [3.8, 4) is 0 Å². The van der Waals surface area contributed by atoms with Gasteiger partial charge in [-0.1, -0.05) is 26.0 Å². The van der Waals surface area contributed by atoms with Crippen molar-refractivity contribution in [1.29, 1.82) is 0 Å². The second-order valence-electron chi connectivity index (χ2n) is 4.58. The zero-order chi connectivity index (χ0) is 11.1. The standard InChI is InChI=1S/C12H16N2O/c1-12(2,8-15)10-5-4-9-7-13-14(3)11(9)6-10/h4-7,15H,8H2,1-3H3. The number of rotatable bonds is 2. The Balaban J connectivity index is 2.59. The van der Waals surface area contributed by atoms with Crippen molar-refractivity contribution in [3.63, 3.8) is 0 Å². The molecule has 0 radical (unpaired) electrons. The minimum absolute atomic E-state index is 0.149. The Morgan fingerprint density at radius 2 is 2.13 bits per heavy atom. The van der Waals surface area contributed by atoms with Crippen LogP contribution in [-0.4, -0.2) is 21.5 Å². The van der Waals surface area contributed by atoms with Crippen LogP contribution < -0.4 is 0 Å². The summed E-state index contributed by atoms with van der Waals surface area (Å²) < 4.78 is 1.85. The highest BCUT2D eigenvalue weighted by Crippen LogP contribution is 2.25. The van der Waals surface area contributed by atoms with E-state index in [-0.39, 0.29) is 12.0 Å². The molecule has 15 heavy (non-hydrogen) atoms. The number of nitrogens with zero attached hydrogens (tertiary/aromatic N) is 2. The van der Waals surface area contributed by atoms with Crippen LogP contribution in [0.1, 0.15) is 19.4 Å². The Kier molecular flexibility index (Phi) is 2.27. The predicted molar refractivity (Wildman–Crippen MR) is 60.8 cm³/mol. The fourth-order valence-electron chi connectivity index (χ4n) is 1.66. The third-order valence-corrected chi connectivity index (χ3v) is 2.93. The SMILES string of the molecule is Cn1ncc2ccc(C(C)(C)CO)cc21. The molecule has 2 aromatic rings. The molecule has 1 heterocycles. The molecule has 0 unspecified atom stereocenters. The summed E-state index contributed by atoms with van der Waals surface area (Å²) in [4.78, 5) is 0. The fourth-order valence-corrected chi connectivity index (χ4v) is 1.66. The lowest BCUT2D eigenvalue weighted by atomic mass is 9.85. The van der Waals surface area contributed by atoms with E-state index in [1.807, 2.05) is 31.8 Å². The van der Waals surface area contributed by atoms with Crippen molar-refractivity contribution in [3.05, 3.63) is 30.0 Å². The van der Waals surface area contributed by atoms with Gasteiger partial charge in [-0.25, -0.2) is 0 Å². The van der Waals surface area contributed by atoms with Crippen LogP contribution in [-0.2, 0) is 12.5 Å². The van der Waals surface area contributed by atoms with E-state index in [0.29, 0.717) is 0 Å². The topological polar surface area (TPSA) is 38.0 Å². The highest BCUT2D eigenvalue weighted by Gasteiger charge is 2.19. The van der Waals surface area contributed by atoms with Crippen LogP contribution in [0, 0.1) is 0 Å². The number of aryl methyl sites for hydroxylation is 1. The van der Waals surface area contributed by atoms with Crippen LogP contribution >= 0.6 is 0 Å². The monoisotopic (exact) mass is 204 g/mol. The van der Waals surface area contributed by atoms with Gasteiger partial charge in [-0.05, 0) is 11.6 Å². The molecule has 2 rings (SSSR count). The first-order valence-electron chi connectivity index (χ1n) is 5.08. The van der Waals surface area contributed by atoms with Gasteiger partial charge in [0.2, 0.25) is 0 Å². The van der Waals surface area contributed by atoms with Crippen LogP contribution in [0.2, 0.25) is 0 Å². The lowest BCUT2D eigenvalue weighted by molar-refractivity contribution is 0.218. The van der Waals surface area contributed by atoms with Gasteiger partial charge in [0, 0.05) is 17.8 Å². The smallest absolute Gasteiger partial charge is 0.0682 e. The van der Waals surface area contributed by atoms with Gasteiger partial charge in [0.25, 0.3) is 0 Å². The molecule has 0 bridgehead atoms. The van der Waals surface area contributed by atoms with Crippen LogP contribution in [0.5, 0.6) is 0 Å². The molecule has 3 heteroatoms. The molecular weight excluding hydrogens is 188 g/mol. The van der Waals surface area contributed by atoms with Crippen molar-refractivity contribution in [2.45, 2.75) is 19.3 Å². The first kappa shape index (κ1) is 10.2.